The molecule has 4 heteroatoms. The van der Waals surface area contributed by atoms with Gasteiger partial charge in [-0.05, 0) is 39.2 Å². The zero-order valence-corrected chi connectivity index (χ0v) is 10.9. The van der Waals surface area contributed by atoms with E-state index in [-0.39, 0.29) is 5.56 Å². The number of halogens is 3. The Morgan fingerprint density at radius 2 is 1.76 bits per heavy atom. The van der Waals surface area contributed by atoms with Crippen LogP contribution in [0.1, 0.15) is 10.4 Å². The van der Waals surface area contributed by atoms with Gasteiger partial charge in [-0.25, -0.2) is 4.39 Å². The summed E-state index contributed by atoms with van der Waals surface area (Å²) in [5.74, 6) is -0.606. The molecule has 0 heterocycles. The lowest BCUT2D eigenvalue weighted by Gasteiger charge is -2.07. The zero-order chi connectivity index (χ0) is 12.4. The first-order chi connectivity index (χ1) is 8.11. The van der Waals surface area contributed by atoms with Crippen molar-refractivity contribution in [3.05, 3.63) is 58.3 Å². The third kappa shape index (κ3) is 2.40. The predicted octanol–water partition coefficient (Wildman–Crippen LogP) is 4.63. The number of carbonyl (C=O) groups is 1. The molecule has 1 nitrogen and oxygen atoms in total. The van der Waals surface area contributed by atoms with Crippen molar-refractivity contribution < 1.29 is 9.18 Å². The van der Waals surface area contributed by atoms with Gasteiger partial charge in [0.25, 0.3) is 5.24 Å². The number of benzene rings is 2. The van der Waals surface area contributed by atoms with E-state index in [0.29, 0.717) is 15.6 Å². The van der Waals surface area contributed by atoms with Gasteiger partial charge in [0.1, 0.15) is 5.82 Å². The van der Waals surface area contributed by atoms with Crippen molar-refractivity contribution in [3.8, 4) is 11.1 Å². The Morgan fingerprint density at radius 1 is 1.12 bits per heavy atom. The first-order valence-electron chi connectivity index (χ1n) is 4.84. The van der Waals surface area contributed by atoms with Crippen LogP contribution >= 0.6 is 27.5 Å². The van der Waals surface area contributed by atoms with Gasteiger partial charge in [-0.2, -0.15) is 0 Å². The monoisotopic (exact) mass is 312 g/mol. The molecule has 0 bridgehead atoms. The molecule has 2 aromatic carbocycles. The molecule has 0 fully saturated rings. The van der Waals surface area contributed by atoms with Gasteiger partial charge in [0.2, 0.25) is 0 Å². The summed E-state index contributed by atoms with van der Waals surface area (Å²) in [4.78, 5) is 11.2. The highest BCUT2D eigenvalue weighted by Gasteiger charge is 2.17. The summed E-state index contributed by atoms with van der Waals surface area (Å²) < 4.78 is 14.5. The maximum Gasteiger partial charge on any atom is 0.256 e. The Bertz CT molecular complexity index is 569. The average Bonchev–Trinajstić information content (AvgIpc) is 2.30. The maximum absolute atomic E-state index is 14.1. The van der Waals surface area contributed by atoms with Crippen molar-refractivity contribution in [2.24, 2.45) is 0 Å². The first-order valence-corrected chi connectivity index (χ1v) is 6.01. The highest BCUT2D eigenvalue weighted by molar-refractivity contribution is 9.10. The van der Waals surface area contributed by atoms with E-state index in [1.165, 1.54) is 0 Å². The molecule has 0 spiro atoms. The van der Waals surface area contributed by atoms with Crippen molar-refractivity contribution in [1.29, 1.82) is 0 Å². The lowest BCUT2D eigenvalue weighted by atomic mass is 10.0. The number of carbonyl (C=O) groups excluding carboxylic acids is 1. The molecule has 86 valence electrons. The standard InChI is InChI=1S/C13H7BrClFO/c14-10-7-6-9(8-4-2-1-3-5-8)12(16)11(10)13(15)17/h1-7H. The quantitative estimate of drug-likeness (QED) is 0.739. The van der Waals surface area contributed by atoms with E-state index in [2.05, 4.69) is 15.9 Å². The summed E-state index contributed by atoms with van der Waals surface area (Å²) in [6.07, 6.45) is 0. The third-order valence-electron chi connectivity index (χ3n) is 2.37. The molecule has 17 heavy (non-hydrogen) atoms. The second-order valence-corrected chi connectivity index (χ2v) is 4.62. The molecule has 0 aliphatic rings. The highest BCUT2D eigenvalue weighted by Crippen LogP contribution is 2.30. The molecule has 0 saturated carbocycles. The van der Waals surface area contributed by atoms with Crippen LogP contribution in [0.5, 0.6) is 0 Å². The number of rotatable bonds is 2. The fraction of sp³-hybridized carbons (Fsp3) is 0. The SMILES string of the molecule is O=C(Cl)c1c(Br)ccc(-c2ccccc2)c1F. The Kier molecular flexibility index (Phi) is 3.60. The fourth-order valence-electron chi connectivity index (χ4n) is 1.57. The van der Waals surface area contributed by atoms with Crippen LogP contribution in [0.2, 0.25) is 0 Å². The minimum absolute atomic E-state index is 0.131. The van der Waals surface area contributed by atoms with E-state index in [4.69, 9.17) is 11.6 Å². The molecular formula is C13H7BrClFO. The second-order valence-electron chi connectivity index (χ2n) is 3.42. The van der Waals surface area contributed by atoms with Crippen molar-refractivity contribution >= 4 is 32.8 Å². The predicted molar refractivity (Wildman–Crippen MR) is 69.7 cm³/mol. The summed E-state index contributed by atoms with van der Waals surface area (Å²) in [6, 6.07) is 12.2. The van der Waals surface area contributed by atoms with Crippen LogP contribution in [0.4, 0.5) is 4.39 Å². The van der Waals surface area contributed by atoms with Crippen LogP contribution in [0.3, 0.4) is 0 Å². The third-order valence-corrected chi connectivity index (χ3v) is 3.22. The molecule has 0 unspecified atom stereocenters. The highest BCUT2D eigenvalue weighted by atomic mass is 79.9. The molecule has 0 atom stereocenters. The summed E-state index contributed by atoms with van der Waals surface area (Å²) >= 11 is 8.47. The summed E-state index contributed by atoms with van der Waals surface area (Å²) in [7, 11) is 0. The van der Waals surface area contributed by atoms with Gasteiger partial charge in [-0.15, -0.1) is 0 Å². The zero-order valence-electron chi connectivity index (χ0n) is 8.58. The molecule has 0 amide bonds. The van der Waals surface area contributed by atoms with Crippen LogP contribution < -0.4 is 0 Å². The molecule has 0 saturated heterocycles. The Morgan fingerprint density at radius 3 is 2.35 bits per heavy atom. The minimum Gasteiger partial charge on any atom is -0.275 e. The van der Waals surface area contributed by atoms with Crippen LogP contribution in [-0.4, -0.2) is 5.24 Å². The van der Waals surface area contributed by atoms with Gasteiger partial charge in [-0.1, -0.05) is 36.4 Å². The van der Waals surface area contributed by atoms with Crippen molar-refractivity contribution in [3.63, 3.8) is 0 Å². The van der Waals surface area contributed by atoms with Gasteiger partial charge < -0.3 is 0 Å². The largest absolute Gasteiger partial charge is 0.275 e. The minimum atomic E-state index is -0.813. The normalized spacial score (nSPS) is 10.3. The molecule has 0 radical (unpaired) electrons. The molecule has 0 aliphatic heterocycles. The molecule has 0 N–H and O–H groups in total. The smallest absolute Gasteiger partial charge is 0.256 e. The van der Waals surface area contributed by atoms with Crippen LogP contribution in [0.15, 0.2) is 46.9 Å². The first kappa shape index (κ1) is 12.3. The van der Waals surface area contributed by atoms with Crippen LogP contribution in [0.25, 0.3) is 11.1 Å². The second kappa shape index (κ2) is 4.98. The van der Waals surface area contributed by atoms with E-state index in [1.54, 1.807) is 36.4 Å². The summed E-state index contributed by atoms with van der Waals surface area (Å²) in [6.45, 7) is 0. The van der Waals surface area contributed by atoms with E-state index >= 15 is 0 Å². The van der Waals surface area contributed by atoms with E-state index in [1.807, 2.05) is 6.07 Å². The van der Waals surface area contributed by atoms with Crippen molar-refractivity contribution in [2.75, 3.05) is 0 Å². The fourth-order valence-corrected chi connectivity index (χ4v) is 2.36. The van der Waals surface area contributed by atoms with Crippen molar-refractivity contribution in [2.45, 2.75) is 0 Å². The molecule has 0 aliphatic carbocycles. The van der Waals surface area contributed by atoms with E-state index in [9.17, 15) is 9.18 Å². The number of hydrogen-bond acceptors (Lipinski definition) is 1. The summed E-state index contributed by atoms with van der Waals surface area (Å²) in [5.41, 5.74) is 0.933. The van der Waals surface area contributed by atoms with E-state index < -0.39 is 11.1 Å². The van der Waals surface area contributed by atoms with E-state index in [0.717, 1.165) is 0 Å². The summed E-state index contributed by atoms with van der Waals surface area (Å²) in [5, 5.41) is -0.813. The van der Waals surface area contributed by atoms with Gasteiger partial charge in [0, 0.05) is 10.0 Å². The van der Waals surface area contributed by atoms with Gasteiger partial charge in [-0.3, -0.25) is 4.79 Å². The molecule has 2 aromatic rings. The maximum atomic E-state index is 14.1. The molecule has 0 aromatic heterocycles. The van der Waals surface area contributed by atoms with Gasteiger partial charge in [0.15, 0.2) is 0 Å². The Hall–Kier alpha value is -1.19. The average molecular weight is 314 g/mol. The van der Waals surface area contributed by atoms with Crippen molar-refractivity contribution in [1.82, 2.24) is 0 Å². The van der Waals surface area contributed by atoms with Gasteiger partial charge >= 0.3 is 0 Å². The van der Waals surface area contributed by atoms with Crippen LogP contribution in [0, 0.1) is 5.82 Å². The molecular weight excluding hydrogens is 306 g/mol. The lowest BCUT2D eigenvalue weighted by molar-refractivity contribution is 0.107. The Labute approximate surface area is 111 Å². The lowest BCUT2D eigenvalue weighted by Crippen LogP contribution is -1.98. The topological polar surface area (TPSA) is 17.1 Å². The van der Waals surface area contributed by atoms with Gasteiger partial charge in [0.05, 0.1) is 5.56 Å². The van der Waals surface area contributed by atoms with Crippen LogP contribution in [-0.2, 0) is 0 Å². The number of hydrogen-bond donors (Lipinski definition) is 0. The molecule has 2 rings (SSSR count). The Balaban J connectivity index is 2.66.